The van der Waals surface area contributed by atoms with Gasteiger partial charge in [-0.25, -0.2) is 8.42 Å². The molecule has 13 atom stereocenters. The number of amides is 11. The molecule has 0 radical (unpaired) electrons. The molecular weight excluding hydrogens is 1290 g/mol. The molecule has 0 aliphatic carbocycles. The van der Waals surface area contributed by atoms with Gasteiger partial charge in [0.1, 0.15) is 66.5 Å². The number of nitrogens with zero attached hydrogens (tertiary/aromatic N) is 8. The van der Waals surface area contributed by atoms with E-state index in [2.05, 4.69) is 21.3 Å². The summed E-state index contributed by atoms with van der Waals surface area (Å²) in [5, 5.41) is 23.3. The number of nitrogens with one attached hydrogen (secondary N) is 4. The van der Waals surface area contributed by atoms with Gasteiger partial charge in [-0.2, -0.15) is 0 Å². The summed E-state index contributed by atoms with van der Waals surface area (Å²) in [6, 6.07) is -15.4. The van der Waals surface area contributed by atoms with E-state index in [1.54, 1.807) is 74.5 Å². The van der Waals surface area contributed by atoms with Crippen molar-refractivity contribution >= 4 is 74.8 Å². The lowest BCUT2D eigenvalue weighted by Crippen LogP contribution is -2.64. The molecule has 28 heteroatoms. The van der Waals surface area contributed by atoms with E-state index in [-0.39, 0.29) is 68.7 Å². The Morgan fingerprint density at radius 2 is 0.899 bits per heavy atom. The Bertz CT molecular complexity index is 2900. The van der Waals surface area contributed by atoms with Crippen molar-refractivity contribution in [2.24, 2.45) is 41.4 Å². The molecule has 0 aromatic rings. The van der Waals surface area contributed by atoms with E-state index < -0.39 is 176 Å². The normalized spacial score (nSPS) is 27.0. The molecule has 2 rings (SSSR count). The molecule has 2 aliphatic rings. The van der Waals surface area contributed by atoms with Crippen LogP contribution in [0.1, 0.15) is 170 Å². The smallest absolute Gasteiger partial charge is 0.246 e. The molecule has 0 bridgehead atoms. The van der Waals surface area contributed by atoms with Crippen molar-refractivity contribution in [3.05, 3.63) is 12.2 Å². The second-order valence-electron chi connectivity index (χ2n) is 30.7. The van der Waals surface area contributed by atoms with Crippen LogP contribution in [0.3, 0.4) is 0 Å². The first-order chi connectivity index (χ1) is 45.6. The van der Waals surface area contributed by atoms with Crippen molar-refractivity contribution in [3.63, 3.8) is 0 Å². The first kappa shape index (κ1) is 88.8. The third-order valence-electron chi connectivity index (χ3n) is 19.3. The number of aliphatic hydroxyl groups is 1. The molecule has 2 aliphatic heterocycles. The van der Waals surface area contributed by atoms with Gasteiger partial charge in [0.05, 0.1) is 29.8 Å². The predicted octanol–water partition coefficient (Wildman–Crippen LogP) is 3.16. The number of sulfone groups is 1. The molecule has 27 nitrogen and oxygen atoms in total. The molecule has 2 heterocycles. The molecular formula is C71H128N12O15S. The minimum atomic E-state index is -4.42. The first-order valence-electron chi connectivity index (χ1n) is 35.6. The van der Waals surface area contributed by atoms with Gasteiger partial charge in [0, 0.05) is 69.0 Å². The minimum Gasteiger partial charge on any atom is -0.390 e. The average Bonchev–Trinajstić information content (AvgIpc) is 0.800. The van der Waals surface area contributed by atoms with Crippen molar-refractivity contribution < 1.29 is 71.0 Å². The number of rotatable bonds is 20. The molecule has 0 aromatic carbocycles. The number of carbonyl (C=O) groups excluding carboxylic acids is 11. The summed E-state index contributed by atoms with van der Waals surface area (Å²) in [4.78, 5) is 175. The molecule has 0 aromatic heterocycles. The molecule has 2 saturated heterocycles. The molecule has 5 N–H and O–H groups in total. The Morgan fingerprint density at radius 3 is 1.35 bits per heavy atom. The van der Waals surface area contributed by atoms with Crippen LogP contribution in [0.2, 0.25) is 0 Å². The summed E-state index contributed by atoms with van der Waals surface area (Å²) in [7, 11) is 5.10. The largest absolute Gasteiger partial charge is 0.390 e. The summed E-state index contributed by atoms with van der Waals surface area (Å²) >= 11 is 0. The van der Waals surface area contributed by atoms with Gasteiger partial charge in [0.15, 0.2) is 9.84 Å². The lowest BCUT2D eigenvalue weighted by atomic mass is 9.91. The van der Waals surface area contributed by atoms with E-state index >= 15 is 42.0 Å². The van der Waals surface area contributed by atoms with E-state index in [0.29, 0.717) is 26.3 Å². The van der Waals surface area contributed by atoms with Crippen LogP contribution in [0.4, 0.5) is 0 Å². The zero-order valence-electron chi connectivity index (χ0n) is 64.8. The summed E-state index contributed by atoms with van der Waals surface area (Å²) in [5.41, 5.74) is 0. The van der Waals surface area contributed by atoms with E-state index in [4.69, 9.17) is 4.74 Å². The SMILES string of the molecule is C/C=C/C[C@@H](C)[C@@H](O)[C@@H]1C(=O)N[C@H](CC)C(=O)N(C)[C@H](CS(=O)(=O)C(C)(C)CN2CCOCC2)C(=O)N(C)[C@@H](CC(C)C)C(=O)N[C@H](C(C)C)C(=O)N(C)[C@H](CC(C)C)C(=O)N[C@H](C)C(=O)N[C@@H](C)C(=O)N(C)[C@H](CC(C)C)C(=O)N(C)[C@H](CC(C)C)C(=O)N(C)[C@H](C(C)C)C(=O)N1C. The Kier molecular flexibility index (Phi) is 35.2. The van der Waals surface area contributed by atoms with Gasteiger partial charge in [-0.05, 0) is 115 Å². The first-order valence-corrected chi connectivity index (χ1v) is 37.2. The van der Waals surface area contributed by atoms with E-state index in [1.807, 2.05) is 46.4 Å². The quantitative estimate of drug-likeness (QED) is 0.109. The van der Waals surface area contributed by atoms with E-state index in [1.165, 1.54) is 96.6 Å². The van der Waals surface area contributed by atoms with Crippen LogP contribution in [0.5, 0.6) is 0 Å². The maximum atomic E-state index is 15.7. The fourth-order valence-electron chi connectivity index (χ4n) is 12.8. The number of morpholine rings is 1. The van der Waals surface area contributed by atoms with Gasteiger partial charge in [-0.1, -0.05) is 109 Å². The van der Waals surface area contributed by atoms with Gasteiger partial charge in [0.2, 0.25) is 65.0 Å². The maximum Gasteiger partial charge on any atom is 0.246 e. The second-order valence-corrected chi connectivity index (χ2v) is 33.4. The second kappa shape index (κ2) is 39.2. The Labute approximate surface area is 592 Å². The van der Waals surface area contributed by atoms with Gasteiger partial charge in [-0.15, -0.1) is 0 Å². The fourth-order valence-corrected chi connectivity index (χ4v) is 14.4. The van der Waals surface area contributed by atoms with Gasteiger partial charge >= 0.3 is 0 Å². The van der Waals surface area contributed by atoms with Crippen molar-refractivity contribution in [2.75, 3.05) is 87.9 Å². The van der Waals surface area contributed by atoms with Gasteiger partial charge in [0.25, 0.3) is 0 Å². The van der Waals surface area contributed by atoms with Crippen LogP contribution in [-0.4, -0.2) is 283 Å². The van der Waals surface area contributed by atoms with E-state index in [9.17, 15) is 24.3 Å². The van der Waals surface area contributed by atoms with E-state index in [0.717, 1.165) is 14.7 Å². The summed E-state index contributed by atoms with van der Waals surface area (Å²) in [5.74, 6) is -12.4. The summed E-state index contributed by atoms with van der Waals surface area (Å²) in [6.45, 7) is 34.0. The number of carbonyl (C=O) groups is 11. The monoisotopic (exact) mass is 1420 g/mol. The Balaban J connectivity index is 3.21. The Morgan fingerprint density at radius 1 is 0.495 bits per heavy atom. The topological polar surface area (TPSA) is 325 Å². The zero-order chi connectivity index (χ0) is 76.4. The number of allylic oxidation sites excluding steroid dienone is 2. The summed E-state index contributed by atoms with van der Waals surface area (Å²) in [6.07, 6.45) is 2.31. The minimum absolute atomic E-state index is 0.0225. The highest BCUT2D eigenvalue weighted by molar-refractivity contribution is 7.92. The standard InChI is InChI=1S/C71H128N12O15S/c1-27-29-30-47(15)59(84)58-63(88)74-50(28-2)65(90)80(24)55(39-99(96,97)71(18,19)40-83-31-33-98-34-32-83)68(93)76(20)52(36-42(5)6)62(87)75-56(45(11)12)69(94)77(21)51(35-41(3)4)61(86)72-48(16)60(85)73-49(17)64(89)78(22)53(37-43(7)8)66(91)79(23)54(38-44(9)10)67(92)81(25)57(46(13)14)70(95)82(58)26/h27,29,41-59,84H,28,30-40H2,1-26H3,(H,72,86)(H,73,85)(H,74,88)(H,75,87)/b29-27+/t47-,48-,49+,50-,51-,52+,53-,54-,55-,56-,57-,58-,59-/m1/s1. The number of likely N-dealkylation sites (N-methyl/N-ethyl adjacent to an activating group) is 7. The third kappa shape index (κ3) is 24.2. The van der Waals surface area contributed by atoms with Crippen molar-refractivity contribution in [1.82, 2.24) is 60.5 Å². The lowest BCUT2D eigenvalue weighted by Gasteiger charge is -2.42. The average molecular weight is 1420 g/mol. The van der Waals surface area contributed by atoms with Gasteiger partial charge < -0.3 is 65.4 Å². The highest BCUT2D eigenvalue weighted by Gasteiger charge is 2.48. The molecule has 568 valence electrons. The van der Waals surface area contributed by atoms with Crippen LogP contribution >= 0.6 is 0 Å². The van der Waals surface area contributed by atoms with Crippen molar-refractivity contribution in [2.45, 2.75) is 247 Å². The van der Waals surface area contributed by atoms with Crippen molar-refractivity contribution in [1.29, 1.82) is 0 Å². The van der Waals surface area contributed by atoms with Crippen LogP contribution in [-0.2, 0) is 67.3 Å². The number of hydrogen-bond donors (Lipinski definition) is 5. The maximum absolute atomic E-state index is 15.7. The molecule has 0 spiro atoms. The predicted molar refractivity (Wildman–Crippen MR) is 382 cm³/mol. The Hall–Kier alpha value is -6.26. The van der Waals surface area contributed by atoms with Crippen LogP contribution in [0.25, 0.3) is 0 Å². The summed E-state index contributed by atoms with van der Waals surface area (Å²) < 4.78 is 34.2. The fraction of sp³-hybridized carbons (Fsp3) is 0.817. The van der Waals surface area contributed by atoms with Crippen LogP contribution in [0, 0.1) is 41.4 Å². The number of ether oxygens (including phenoxy) is 1. The molecule has 11 amide bonds. The van der Waals surface area contributed by atoms with Crippen LogP contribution in [0.15, 0.2) is 12.2 Å². The number of aliphatic hydroxyl groups excluding tert-OH is 1. The van der Waals surface area contributed by atoms with Crippen molar-refractivity contribution in [3.8, 4) is 0 Å². The molecule has 0 saturated carbocycles. The molecule has 99 heavy (non-hydrogen) atoms. The third-order valence-corrected chi connectivity index (χ3v) is 21.9. The van der Waals surface area contributed by atoms with Gasteiger partial charge in [-0.3, -0.25) is 57.6 Å². The number of hydrogen-bond acceptors (Lipinski definition) is 16. The highest BCUT2D eigenvalue weighted by Crippen LogP contribution is 2.28. The van der Waals surface area contributed by atoms with Crippen LogP contribution < -0.4 is 21.3 Å². The highest BCUT2D eigenvalue weighted by atomic mass is 32.2. The molecule has 2 fully saturated rings. The zero-order valence-corrected chi connectivity index (χ0v) is 65.6. The molecule has 0 unspecified atom stereocenters. The lowest BCUT2D eigenvalue weighted by molar-refractivity contribution is -0.157.